The van der Waals surface area contributed by atoms with Gasteiger partial charge in [0.2, 0.25) is 6.41 Å². The molecule has 0 fully saturated rings. The summed E-state index contributed by atoms with van der Waals surface area (Å²) in [6, 6.07) is 2.88. The molecular weight excluding hydrogens is 418 g/mol. The predicted octanol–water partition coefficient (Wildman–Crippen LogP) is 2.78. The van der Waals surface area contributed by atoms with E-state index in [-0.39, 0.29) is 11.3 Å². The van der Waals surface area contributed by atoms with Gasteiger partial charge in [-0.25, -0.2) is 17.9 Å². The van der Waals surface area contributed by atoms with Crippen molar-refractivity contribution < 1.29 is 23.1 Å². The molecule has 2 aliphatic carbocycles. The summed E-state index contributed by atoms with van der Waals surface area (Å²) in [5.41, 5.74) is 5.26. The van der Waals surface area contributed by atoms with Gasteiger partial charge in [0.05, 0.1) is 5.60 Å². The Morgan fingerprint density at radius 1 is 1.16 bits per heavy atom. The summed E-state index contributed by atoms with van der Waals surface area (Å²) in [6.45, 7) is 3.56. The molecule has 0 bridgehead atoms. The van der Waals surface area contributed by atoms with Crippen molar-refractivity contribution in [2.45, 2.75) is 75.7 Å². The van der Waals surface area contributed by atoms with Crippen LogP contribution < -0.4 is 10.0 Å². The number of aliphatic hydroxyl groups excluding tert-OH is 1. The van der Waals surface area contributed by atoms with Gasteiger partial charge in [-0.3, -0.25) is 0 Å². The van der Waals surface area contributed by atoms with Gasteiger partial charge in [-0.1, -0.05) is 6.07 Å². The van der Waals surface area contributed by atoms with E-state index in [1.54, 1.807) is 13.8 Å². The number of ether oxygens (including phenoxy) is 1. The Morgan fingerprint density at radius 2 is 1.81 bits per heavy atom. The second-order valence-corrected chi connectivity index (χ2v) is 10.9. The number of fused-ring (bicyclic) bond motifs is 3. The molecule has 1 atom stereocenters. The van der Waals surface area contributed by atoms with E-state index < -0.39 is 28.1 Å². The van der Waals surface area contributed by atoms with Gasteiger partial charge in [-0.05, 0) is 80.7 Å². The van der Waals surface area contributed by atoms with E-state index in [2.05, 4.69) is 16.1 Å². The van der Waals surface area contributed by atoms with E-state index in [1.807, 2.05) is 0 Å². The number of aliphatic hydroxyl groups is 1. The van der Waals surface area contributed by atoms with Crippen molar-refractivity contribution in [2.75, 3.05) is 5.32 Å². The molecule has 5 rings (SSSR count). The monoisotopic (exact) mass is 445 g/mol. The van der Waals surface area contributed by atoms with Gasteiger partial charge in [-0.2, -0.15) is 0 Å². The molecule has 0 spiro atoms. The Kier molecular flexibility index (Phi) is 4.69. The third kappa shape index (κ3) is 3.54. The molecule has 1 aliphatic heterocycles. The number of amides is 2. The minimum atomic E-state index is -4.13. The Labute approximate surface area is 181 Å². The SMILES string of the molecule is CC1(C)Cc2c(S(=O)(=O)NC(=O)Nc3c4c(cc5c3CCC5)CCC4)ccn2C(O)O1. The maximum absolute atomic E-state index is 13.0. The first kappa shape index (κ1) is 20.5. The zero-order valence-electron chi connectivity index (χ0n) is 17.7. The number of aryl methyl sites for hydroxylation is 2. The lowest BCUT2D eigenvalue weighted by atomic mass is 9.99. The quantitative estimate of drug-likeness (QED) is 0.673. The van der Waals surface area contributed by atoms with Gasteiger partial charge in [0.1, 0.15) is 4.90 Å². The molecule has 0 saturated carbocycles. The molecule has 2 aromatic rings. The second kappa shape index (κ2) is 7.08. The first-order chi connectivity index (χ1) is 14.6. The van der Waals surface area contributed by atoms with Gasteiger partial charge in [0, 0.05) is 24.0 Å². The van der Waals surface area contributed by atoms with Crippen molar-refractivity contribution in [1.29, 1.82) is 0 Å². The molecule has 9 heteroatoms. The smallest absolute Gasteiger partial charge is 0.333 e. The van der Waals surface area contributed by atoms with Gasteiger partial charge in [0.25, 0.3) is 10.0 Å². The van der Waals surface area contributed by atoms with Crippen molar-refractivity contribution >= 4 is 21.7 Å². The number of nitrogens with zero attached hydrogens (tertiary/aromatic N) is 1. The highest BCUT2D eigenvalue weighted by Gasteiger charge is 2.36. The minimum Gasteiger partial charge on any atom is -0.351 e. The fraction of sp³-hybridized carbons (Fsp3) is 0.500. The predicted molar refractivity (Wildman–Crippen MR) is 114 cm³/mol. The normalized spacial score (nSPS) is 21.3. The number of aromatic nitrogens is 1. The molecule has 3 N–H and O–H groups in total. The number of sulfonamides is 1. The second-order valence-electron chi connectivity index (χ2n) is 9.21. The summed E-state index contributed by atoms with van der Waals surface area (Å²) in [6.07, 6.45) is 6.34. The van der Waals surface area contributed by atoms with Crippen molar-refractivity contribution in [2.24, 2.45) is 0 Å². The summed E-state index contributed by atoms with van der Waals surface area (Å²) < 4.78 is 35.1. The molecule has 0 radical (unpaired) electrons. The van der Waals surface area contributed by atoms with Crippen molar-refractivity contribution in [3.05, 3.63) is 46.3 Å². The molecule has 1 unspecified atom stereocenters. The highest BCUT2D eigenvalue weighted by atomic mass is 32.2. The molecule has 2 amide bonds. The molecule has 2 heterocycles. The zero-order valence-corrected chi connectivity index (χ0v) is 18.5. The number of carbonyl (C=O) groups is 1. The van der Waals surface area contributed by atoms with Crippen LogP contribution in [0, 0.1) is 0 Å². The first-order valence-corrected chi connectivity index (χ1v) is 12.2. The summed E-state index contributed by atoms with van der Waals surface area (Å²) in [5, 5.41) is 13.0. The molecule has 0 saturated heterocycles. The fourth-order valence-electron chi connectivity index (χ4n) is 5.16. The molecule has 8 nitrogen and oxygen atoms in total. The molecule has 1 aromatic carbocycles. The lowest BCUT2D eigenvalue weighted by Gasteiger charge is -2.35. The molecular formula is C22H27N3O5S. The van der Waals surface area contributed by atoms with Gasteiger partial charge < -0.3 is 19.7 Å². The van der Waals surface area contributed by atoms with E-state index >= 15 is 0 Å². The Balaban J connectivity index is 1.42. The number of anilines is 1. The lowest BCUT2D eigenvalue weighted by Crippen LogP contribution is -2.40. The Bertz CT molecular complexity index is 1150. The van der Waals surface area contributed by atoms with Crippen LogP contribution in [-0.2, 0) is 46.9 Å². The van der Waals surface area contributed by atoms with Crippen LogP contribution in [0.3, 0.4) is 0 Å². The lowest BCUT2D eigenvalue weighted by molar-refractivity contribution is -0.230. The number of urea groups is 1. The third-order valence-electron chi connectivity index (χ3n) is 6.47. The maximum atomic E-state index is 13.0. The molecule has 3 aliphatic rings. The van der Waals surface area contributed by atoms with Crippen LogP contribution in [0.5, 0.6) is 0 Å². The average molecular weight is 446 g/mol. The van der Waals surface area contributed by atoms with Crippen LogP contribution in [0.15, 0.2) is 23.2 Å². The highest BCUT2D eigenvalue weighted by Crippen LogP contribution is 2.39. The summed E-state index contributed by atoms with van der Waals surface area (Å²) in [4.78, 5) is 12.8. The standard InChI is InChI=1S/C22H27N3O5S/c1-22(2)12-17-18(9-10-25(17)21(27)30-22)31(28,29)24-20(26)23-19-15-7-3-5-13(15)11-14-6-4-8-16(14)19/h9-11,21,27H,3-8,12H2,1-2H3,(H2,23,24,26). The van der Waals surface area contributed by atoms with Crippen molar-refractivity contribution in [3.8, 4) is 0 Å². The van der Waals surface area contributed by atoms with E-state index in [4.69, 9.17) is 4.74 Å². The summed E-state index contributed by atoms with van der Waals surface area (Å²) in [5.74, 6) is 0. The number of nitrogens with one attached hydrogen (secondary N) is 2. The average Bonchev–Trinajstić information content (AvgIpc) is 3.38. The number of hydrogen-bond acceptors (Lipinski definition) is 5. The fourth-order valence-corrected chi connectivity index (χ4v) is 6.29. The van der Waals surface area contributed by atoms with E-state index in [0.29, 0.717) is 5.69 Å². The Hall–Kier alpha value is -2.36. The van der Waals surface area contributed by atoms with Gasteiger partial charge in [0.15, 0.2) is 0 Å². The van der Waals surface area contributed by atoms with Crippen LogP contribution in [0.4, 0.5) is 10.5 Å². The van der Waals surface area contributed by atoms with E-state index in [1.165, 1.54) is 28.0 Å². The summed E-state index contributed by atoms with van der Waals surface area (Å²) >= 11 is 0. The number of benzene rings is 1. The van der Waals surface area contributed by atoms with Crippen LogP contribution in [0.1, 0.15) is 61.1 Å². The van der Waals surface area contributed by atoms with Crippen LogP contribution >= 0.6 is 0 Å². The Morgan fingerprint density at radius 3 is 2.45 bits per heavy atom. The summed E-state index contributed by atoms with van der Waals surface area (Å²) in [7, 11) is -4.13. The topological polar surface area (TPSA) is 110 Å². The van der Waals surface area contributed by atoms with Crippen molar-refractivity contribution in [1.82, 2.24) is 9.29 Å². The molecule has 31 heavy (non-hydrogen) atoms. The minimum absolute atomic E-state index is 0.0263. The first-order valence-electron chi connectivity index (χ1n) is 10.7. The zero-order chi connectivity index (χ0) is 22.0. The number of rotatable bonds is 3. The molecule has 166 valence electrons. The third-order valence-corrected chi connectivity index (χ3v) is 7.87. The van der Waals surface area contributed by atoms with Crippen LogP contribution in [0.2, 0.25) is 0 Å². The number of hydrogen-bond donors (Lipinski definition) is 3. The van der Waals surface area contributed by atoms with E-state index in [9.17, 15) is 18.3 Å². The van der Waals surface area contributed by atoms with E-state index in [0.717, 1.165) is 55.3 Å². The highest BCUT2D eigenvalue weighted by molar-refractivity contribution is 7.90. The van der Waals surface area contributed by atoms with Crippen LogP contribution in [0.25, 0.3) is 0 Å². The number of carbonyl (C=O) groups excluding carboxylic acids is 1. The maximum Gasteiger partial charge on any atom is 0.333 e. The van der Waals surface area contributed by atoms with Gasteiger partial charge >= 0.3 is 6.03 Å². The van der Waals surface area contributed by atoms with Crippen molar-refractivity contribution in [3.63, 3.8) is 0 Å². The van der Waals surface area contributed by atoms with Crippen LogP contribution in [-0.4, -0.2) is 29.7 Å². The molecule has 1 aromatic heterocycles. The van der Waals surface area contributed by atoms with Gasteiger partial charge in [-0.15, -0.1) is 0 Å². The largest absolute Gasteiger partial charge is 0.351 e.